The van der Waals surface area contributed by atoms with Crippen LogP contribution in [0.4, 0.5) is 23.7 Å². The van der Waals surface area contributed by atoms with Gasteiger partial charge in [-0.15, -0.1) is 0 Å². The molecule has 1 fully saturated rings. The van der Waals surface area contributed by atoms with Crippen LogP contribution in [0.3, 0.4) is 0 Å². The average Bonchev–Trinajstić information content (AvgIpc) is 2.77. The molecule has 132 valence electrons. The van der Waals surface area contributed by atoms with Crippen molar-refractivity contribution in [2.24, 2.45) is 0 Å². The van der Waals surface area contributed by atoms with Gasteiger partial charge in [0.25, 0.3) is 5.91 Å². The van der Waals surface area contributed by atoms with Gasteiger partial charge in [-0.3, -0.25) is 9.63 Å². The van der Waals surface area contributed by atoms with Crippen molar-refractivity contribution in [1.29, 1.82) is 0 Å². The summed E-state index contributed by atoms with van der Waals surface area (Å²) in [5.74, 6) is -0.879. The van der Waals surface area contributed by atoms with Gasteiger partial charge in [-0.1, -0.05) is 12.1 Å². The molecule has 2 amide bonds. The molecule has 0 aromatic heterocycles. The van der Waals surface area contributed by atoms with Crippen LogP contribution in [0.5, 0.6) is 0 Å². The third kappa shape index (κ3) is 4.16. The zero-order valence-corrected chi connectivity index (χ0v) is 13.3. The molecular formula is C15H17F3N2O4. The van der Waals surface area contributed by atoms with E-state index in [0.717, 1.165) is 12.1 Å². The van der Waals surface area contributed by atoms with Crippen LogP contribution in [0.1, 0.15) is 26.3 Å². The van der Waals surface area contributed by atoms with Crippen LogP contribution in [0.15, 0.2) is 24.3 Å². The number of hydroxylamine groups is 1. The number of rotatable bonds is 2. The third-order valence-corrected chi connectivity index (χ3v) is 2.99. The number of hydrogen-bond donors (Lipinski definition) is 1. The van der Waals surface area contributed by atoms with Crippen molar-refractivity contribution in [3.05, 3.63) is 29.8 Å². The molecule has 1 unspecified atom stereocenters. The molecule has 6 nitrogen and oxygen atoms in total. The standard InChI is InChI=1S/C15H17F3N2O4/c1-14(2,3)19-13(22)24-11-8-23-20(12(11)21)10-7-5-4-6-9(10)15(16,17)18/h4-7,11H,8H2,1-3H3,(H,19,22). The molecule has 0 spiro atoms. The summed E-state index contributed by atoms with van der Waals surface area (Å²) in [4.78, 5) is 28.9. The van der Waals surface area contributed by atoms with E-state index in [1.165, 1.54) is 12.1 Å². The Labute approximate surface area is 136 Å². The molecule has 0 radical (unpaired) electrons. The maximum Gasteiger partial charge on any atom is 0.418 e. The highest BCUT2D eigenvalue weighted by Gasteiger charge is 2.42. The van der Waals surface area contributed by atoms with Gasteiger partial charge in [-0.2, -0.15) is 18.2 Å². The first-order valence-electron chi connectivity index (χ1n) is 7.11. The number of halogens is 3. The van der Waals surface area contributed by atoms with Crippen LogP contribution in [-0.4, -0.2) is 30.3 Å². The van der Waals surface area contributed by atoms with E-state index in [1.54, 1.807) is 20.8 Å². The van der Waals surface area contributed by atoms with Crippen molar-refractivity contribution in [1.82, 2.24) is 5.32 Å². The fourth-order valence-corrected chi connectivity index (χ4v) is 2.04. The maximum absolute atomic E-state index is 13.0. The van der Waals surface area contributed by atoms with E-state index >= 15 is 0 Å². The van der Waals surface area contributed by atoms with Gasteiger partial charge in [-0.25, -0.2) is 4.79 Å². The second-order valence-electron chi connectivity index (χ2n) is 6.21. The zero-order chi connectivity index (χ0) is 18.1. The number of amides is 2. The first kappa shape index (κ1) is 18.1. The minimum atomic E-state index is -4.65. The summed E-state index contributed by atoms with van der Waals surface area (Å²) in [6.45, 7) is 4.79. The largest absolute Gasteiger partial charge is 0.433 e. The second-order valence-corrected chi connectivity index (χ2v) is 6.21. The van der Waals surface area contributed by atoms with Gasteiger partial charge in [0.1, 0.15) is 6.61 Å². The zero-order valence-electron chi connectivity index (χ0n) is 13.3. The van der Waals surface area contributed by atoms with E-state index in [2.05, 4.69) is 5.32 Å². The molecule has 1 aliphatic heterocycles. The summed E-state index contributed by atoms with van der Waals surface area (Å²) in [5, 5.41) is 3.00. The Hall–Kier alpha value is -2.29. The van der Waals surface area contributed by atoms with Crippen molar-refractivity contribution in [2.45, 2.75) is 38.6 Å². The third-order valence-electron chi connectivity index (χ3n) is 2.99. The highest BCUT2D eigenvalue weighted by molar-refractivity contribution is 5.98. The van der Waals surface area contributed by atoms with Crippen molar-refractivity contribution in [2.75, 3.05) is 11.7 Å². The van der Waals surface area contributed by atoms with E-state index in [0.29, 0.717) is 5.06 Å². The molecule has 1 N–H and O–H groups in total. The van der Waals surface area contributed by atoms with Crippen molar-refractivity contribution >= 4 is 17.7 Å². The van der Waals surface area contributed by atoms with E-state index in [-0.39, 0.29) is 6.61 Å². The van der Waals surface area contributed by atoms with Gasteiger partial charge in [0, 0.05) is 5.54 Å². The quantitative estimate of drug-likeness (QED) is 0.894. The molecule has 1 saturated heterocycles. The van der Waals surface area contributed by atoms with Crippen LogP contribution in [0, 0.1) is 0 Å². The van der Waals surface area contributed by atoms with Crippen LogP contribution in [-0.2, 0) is 20.5 Å². The molecule has 0 bridgehead atoms. The number of para-hydroxylation sites is 1. The fraction of sp³-hybridized carbons (Fsp3) is 0.467. The molecule has 2 rings (SSSR count). The van der Waals surface area contributed by atoms with E-state index in [1.807, 2.05) is 0 Å². The first-order valence-corrected chi connectivity index (χ1v) is 7.11. The number of nitrogens with one attached hydrogen (secondary N) is 1. The number of anilines is 1. The number of carbonyl (C=O) groups is 2. The second kappa shape index (κ2) is 6.31. The highest BCUT2D eigenvalue weighted by atomic mass is 19.4. The number of alkyl carbamates (subject to hydrolysis) is 1. The van der Waals surface area contributed by atoms with Gasteiger partial charge >= 0.3 is 12.3 Å². The van der Waals surface area contributed by atoms with Crippen molar-refractivity contribution < 1.29 is 32.3 Å². The summed E-state index contributed by atoms with van der Waals surface area (Å²) in [5.41, 5.74) is -2.04. The monoisotopic (exact) mass is 346 g/mol. The van der Waals surface area contributed by atoms with E-state index in [9.17, 15) is 22.8 Å². The lowest BCUT2D eigenvalue weighted by Gasteiger charge is -2.21. The minimum absolute atomic E-state index is 0.359. The lowest BCUT2D eigenvalue weighted by Crippen LogP contribution is -2.44. The Bertz CT molecular complexity index is 640. The lowest BCUT2D eigenvalue weighted by molar-refractivity contribution is -0.137. The number of ether oxygens (including phenoxy) is 1. The Kier molecular flexibility index (Phi) is 4.75. The minimum Gasteiger partial charge on any atom is -0.433 e. The predicted octanol–water partition coefficient (Wildman–Crippen LogP) is 2.88. The molecule has 0 aliphatic carbocycles. The Morgan fingerprint density at radius 2 is 1.92 bits per heavy atom. The van der Waals surface area contributed by atoms with Crippen LogP contribution >= 0.6 is 0 Å². The molecule has 1 aromatic carbocycles. The number of nitrogens with zero attached hydrogens (tertiary/aromatic N) is 1. The Morgan fingerprint density at radius 3 is 2.50 bits per heavy atom. The van der Waals surface area contributed by atoms with E-state index in [4.69, 9.17) is 9.57 Å². The summed E-state index contributed by atoms with van der Waals surface area (Å²) < 4.78 is 44.0. The normalized spacial score (nSPS) is 18.7. The predicted molar refractivity (Wildman–Crippen MR) is 78.0 cm³/mol. The highest BCUT2D eigenvalue weighted by Crippen LogP contribution is 2.37. The number of hydrogen-bond acceptors (Lipinski definition) is 4. The smallest absolute Gasteiger partial charge is 0.418 e. The first-order chi connectivity index (χ1) is 11.0. The summed E-state index contributed by atoms with van der Waals surface area (Å²) in [7, 11) is 0. The van der Waals surface area contributed by atoms with Gasteiger partial charge < -0.3 is 10.1 Å². The van der Waals surface area contributed by atoms with Crippen LogP contribution in [0.2, 0.25) is 0 Å². The van der Waals surface area contributed by atoms with Gasteiger partial charge in [0.2, 0.25) is 6.10 Å². The summed E-state index contributed by atoms with van der Waals surface area (Å²) in [6, 6.07) is 4.50. The molecule has 1 aliphatic rings. The molecule has 9 heteroatoms. The summed E-state index contributed by atoms with van der Waals surface area (Å²) >= 11 is 0. The summed E-state index contributed by atoms with van der Waals surface area (Å²) in [6.07, 6.45) is -6.81. The van der Waals surface area contributed by atoms with Crippen molar-refractivity contribution in [3.63, 3.8) is 0 Å². The molecule has 1 heterocycles. The van der Waals surface area contributed by atoms with Crippen molar-refractivity contribution in [3.8, 4) is 0 Å². The van der Waals surface area contributed by atoms with Crippen LogP contribution < -0.4 is 10.4 Å². The van der Waals surface area contributed by atoms with Gasteiger partial charge in [-0.05, 0) is 32.9 Å². The Morgan fingerprint density at radius 1 is 1.29 bits per heavy atom. The van der Waals surface area contributed by atoms with Crippen LogP contribution in [0.25, 0.3) is 0 Å². The average molecular weight is 346 g/mol. The fourth-order valence-electron chi connectivity index (χ4n) is 2.04. The van der Waals surface area contributed by atoms with Gasteiger partial charge in [0.15, 0.2) is 0 Å². The Balaban J connectivity index is 2.14. The number of alkyl halides is 3. The van der Waals surface area contributed by atoms with Gasteiger partial charge in [0.05, 0.1) is 11.3 Å². The lowest BCUT2D eigenvalue weighted by atomic mass is 10.1. The molecule has 0 saturated carbocycles. The van der Waals surface area contributed by atoms with E-state index < -0.39 is 41.1 Å². The molecular weight excluding hydrogens is 329 g/mol. The molecule has 1 atom stereocenters. The molecule has 1 aromatic rings. The number of carbonyl (C=O) groups excluding carboxylic acids is 2. The number of benzene rings is 1. The SMILES string of the molecule is CC(C)(C)NC(=O)OC1CON(c2ccccc2C(F)(F)F)C1=O. The molecule has 24 heavy (non-hydrogen) atoms. The maximum atomic E-state index is 13.0. The topological polar surface area (TPSA) is 67.9 Å².